The van der Waals surface area contributed by atoms with Crippen LogP contribution in [-0.2, 0) is 24.8 Å². The minimum absolute atomic E-state index is 0.0245. The van der Waals surface area contributed by atoms with E-state index in [1.165, 1.54) is 6.07 Å². The molecule has 0 bridgehead atoms. The fourth-order valence-electron chi connectivity index (χ4n) is 2.76. The van der Waals surface area contributed by atoms with Gasteiger partial charge in [0.05, 0.1) is 12.2 Å². The molecule has 0 unspecified atom stereocenters. The molecule has 0 radical (unpaired) electrons. The van der Waals surface area contributed by atoms with E-state index in [9.17, 15) is 9.59 Å². The van der Waals surface area contributed by atoms with Crippen molar-refractivity contribution in [1.82, 2.24) is 14.7 Å². The number of amides is 1. The van der Waals surface area contributed by atoms with Gasteiger partial charge in [-0.3, -0.25) is 9.48 Å². The summed E-state index contributed by atoms with van der Waals surface area (Å²) in [5, 5.41) is 13.4. The van der Waals surface area contributed by atoms with Crippen LogP contribution in [0.1, 0.15) is 45.3 Å². The molecule has 0 spiro atoms. The van der Waals surface area contributed by atoms with Gasteiger partial charge in [0.15, 0.2) is 0 Å². The molecule has 2 aromatic rings. The lowest BCUT2D eigenvalue weighted by atomic mass is 10.1. The average Bonchev–Trinajstić information content (AvgIpc) is 2.97. The third-order valence-electron chi connectivity index (χ3n) is 4.27. The van der Waals surface area contributed by atoms with Crippen molar-refractivity contribution in [2.75, 3.05) is 7.05 Å². The molecule has 24 heavy (non-hydrogen) atoms. The SMILES string of the molecule is Cc1nn(C)c(C)c1CCC(=O)N(C)Cc1cc(C(=O)O)c(C)o1. The Morgan fingerprint density at radius 1 is 1.33 bits per heavy atom. The van der Waals surface area contributed by atoms with Gasteiger partial charge in [-0.25, -0.2) is 4.79 Å². The molecule has 2 aromatic heterocycles. The van der Waals surface area contributed by atoms with E-state index in [-0.39, 0.29) is 18.0 Å². The Hall–Kier alpha value is -2.57. The normalized spacial score (nSPS) is 10.9. The van der Waals surface area contributed by atoms with Gasteiger partial charge in [-0.2, -0.15) is 5.10 Å². The van der Waals surface area contributed by atoms with Crippen molar-refractivity contribution in [2.24, 2.45) is 7.05 Å². The maximum absolute atomic E-state index is 12.3. The van der Waals surface area contributed by atoms with Crippen molar-refractivity contribution < 1.29 is 19.1 Å². The zero-order valence-corrected chi connectivity index (χ0v) is 14.7. The molecular weight excluding hydrogens is 310 g/mol. The summed E-state index contributed by atoms with van der Waals surface area (Å²) >= 11 is 0. The van der Waals surface area contributed by atoms with E-state index < -0.39 is 5.97 Å². The molecule has 0 atom stereocenters. The predicted molar refractivity (Wildman–Crippen MR) is 87.9 cm³/mol. The topological polar surface area (TPSA) is 88.6 Å². The molecule has 0 aliphatic rings. The summed E-state index contributed by atoms with van der Waals surface area (Å²) in [4.78, 5) is 24.9. The molecule has 130 valence electrons. The number of nitrogens with zero attached hydrogens (tertiary/aromatic N) is 3. The Kier molecular flexibility index (Phi) is 5.11. The molecular formula is C17H23N3O4. The second-order valence-corrected chi connectivity index (χ2v) is 6.01. The molecule has 0 saturated heterocycles. The number of hydrogen-bond donors (Lipinski definition) is 1. The van der Waals surface area contributed by atoms with E-state index in [4.69, 9.17) is 9.52 Å². The van der Waals surface area contributed by atoms with Crippen molar-refractivity contribution in [3.8, 4) is 0 Å². The third-order valence-corrected chi connectivity index (χ3v) is 4.27. The summed E-state index contributed by atoms with van der Waals surface area (Å²) in [6, 6.07) is 1.47. The Morgan fingerprint density at radius 2 is 2.00 bits per heavy atom. The molecule has 0 saturated carbocycles. The summed E-state index contributed by atoms with van der Waals surface area (Å²) in [7, 11) is 3.57. The molecule has 0 aromatic carbocycles. The number of carboxylic acid groups (broad SMARTS) is 1. The molecule has 1 amide bonds. The van der Waals surface area contributed by atoms with Gasteiger partial charge in [0, 0.05) is 26.2 Å². The fourth-order valence-corrected chi connectivity index (χ4v) is 2.76. The van der Waals surface area contributed by atoms with Crippen LogP contribution in [-0.4, -0.2) is 38.7 Å². The first-order valence-corrected chi connectivity index (χ1v) is 7.76. The van der Waals surface area contributed by atoms with E-state index in [1.807, 2.05) is 25.6 Å². The number of aryl methyl sites for hydroxylation is 3. The number of furan rings is 1. The van der Waals surface area contributed by atoms with Crippen LogP contribution in [0.4, 0.5) is 0 Å². The highest BCUT2D eigenvalue weighted by Gasteiger charge is 2.18. The van der Waals surface area contributed by atoms with Gasteiger partial charge in [-0.15, -0.1) is 0 Å². The number of carbonyl (C=O) groups is 2. The maximum Gasteiger partial charge on any atom is 0.339 e. The summed E-state index contributed by atoms with van der Waals surface area (Å²) in [5.41, 5.74) is 3.24. The van der Waals surface area contributed by atoms with Gasteiger partial charge in [0.25, 0.3) is 0 Å². The third kappa shape index (κ3) is 3.67. The lowest BCUT2D eigenvalue weighted by Gasteiger charge is -2.15. The van der Waals surface area contributed by atoms with Crippen molar-refractivity contribution in [3.63, 3.8) is 0 Å². The zero-order valence-electron chi connectivity index (χ0n) is 14.7. The summed E-state index contributed by atoms with van der Waals surface area (Å²) in [6.45, 7) is 5.78. The van der Waals surface area contributed by atoms with Gasteiger partial charge < -0.3 is 14.4 Å². The lowest BCUT2D eigenvalue weighted by Crippen LogP contribution is -2.26. The van der Waals surface area contributed by atoms with Gasteiger partial charge in [-0.1, -0.05) is 0 Å². The fraction of sp³-hybridized carbons (Fsp3) is 0.471. The molecule has 7 nitrogen and oxygen atoms in total. The van der Waals surface area contributed by atoms with Gasteiger partial charge >= 0.3 is 5.97 Å². The van der Waals surface area contributed by atoms with E-state index in [0.29, 0.717) is 24.4 Å². The summed E-state index contributed by atoms with van der Waals surface area (Å²) in [5.74, 6) is -0.239. The Morgan fingerprint density at radius 3 is 2.50 bits per heavy atom. The van der Waals surface area contributed by atoms with Crippen LogP contribution in [0.15, 0.2) is 10.5 Å². The quantitative estimate of drug-likeness (QED) is 0.875. The number of hydrogen-bond acceptors (Lipinski definition) is 4. The first kappa shape index (κ1) is 17.8. The standard InChI is InChI=1S/C17H23N3O4/c1-10-14(11(2)20(5)18-10)6-7-16(21)19(4)9-13-8-15(17(22)23)12(3)24-13/h8H,6-7,9H2,1-5H3,(H,22,23). The Labute approximate surface area is 140 Å². The second-order valence-electron chi connectivity index (χ2n) is 6.01. The van der Waals surface area contributed by atoms with Crippen LogP contribution in [0.3, 0.4) is 0 Å². The number of rotatable bonds is 6. The Balaban J connectivity index is 1.97. The summed E-state index contributed by atoms with van der Waals surface area (Å²) in [6.07, 6.45) is 1.00. The zero-order chi connectivity index (χ0) is 18.0. The number of aromatic carboxylic acids is 1. The predicted octanol–water partition coefficient (Wildman–Crippen LogP) is 2.23. The molecule has 2 rings (SSSR count). The van der Waals surface area contributed by atoms with Crippen LogP contribution in [0.25, 0.3) is 0 Å². The van der Waals surface area contributed by atoms with Crippen molar-refractivity contribution >= 4 is 11.9 Å². The van der Waals surface area contributed by atoms with Crippen molar-refractivity contribution in [2.45, 2.75) is 40.2 Å². The van der Waals surface area contributed by atoms with Gasteiger partial charge in [-0.05, 0) is 38.8 Å². The van der Waals surface area contributed by atoms with Crippen molar-refractivity contribution in [1.29, 1.82) is 0 Å². The van der Waals surface area contributed by atoms with Crippen LogP contribution < -0.4 is 0 Å². The maximum atomic E-state index is 12.3. The Bertz CT molecular complexity index is 773. The monoisotopic (exact) mass is 333 g/mol. The lowest BCUT2D eigenvalue weighted by molar-refractivity contribution is -0.130. The minimum Gasteiger partial charge on any atom is -0.478 e. The number of carbonyl (C=O) groups excluding carboxylic acids is 1. The molecule has 7 heteroatoms. The van der Waals surface area contributed by atoms with Crippen LogP contribution in [0.2, 0.25) is 0 Å². The molecule has 0 aliphatic heterocycles. The van der Waals surface area contributed by atoms with Crippen LogP contribution >= 0.6 is 0 Å². The van der Waals surface area contributed by atoms with Gasteiger partial charge in [0.2, 0.25) is 5.91 Å². The number of aromatic nitrogens is 2. The molecule has 0 aliphatic carbocycles. The molecule has 1 N–H and O–H groups in total. The first-order chi connectivity index (χ1) is 11.2. The minimum atomic E-state index is -1.03. The number of carboxylic acids is 1. The van der Waals surface area contributed by atoms with Crippen LogP contribution in [0.5, 0.6) is 0 Å². The summed E-state index contributed by atoms with van der Waals surface area (Å²) < 4.78 is 7.23. The smallest absolute Gasteiger partial charge is 0.339 e. The highest BCUT2D eigenvalue weighted by molar-refractivity contribution is 5.88. The van der Waals surface area contributed by atoms with E-state index >= 15 is 0 Å². The van der Waals surface area contributed by atoms with Gasteiger partial charge in [0.1, 0.15) is 17.1 Å². The first-order valence-electron chi connectivity index (χ1n) is 7.76. The average molecular weight is 333 g/mol. The van der Waals surface area contributed by atoms with Crippen molar-refractivity contribution in [3.05, 3.63) is 40.1 Å². The molecule has 2 heterocycles. The van der Waals surface area contributed by atoms with E-state index in [0.717, 1.165) is 17.0 Å². The second kappa shape index (κ2) is 6.90. The van der Waals surface area contributed by atoms with E-state index in [2.05, 4.69) is 5.10 Å². The van der Waals surface area contributed by atoms with E-state index in [1.54, 1.807) is 18.9 Å². The largest absolute Gasteiger partial charge is 0.478 e. The highest BCUT2D eigenvalue weighted by Crippen LogP contribution is 2.18. The highest BCUT2D eigenvalue weighted by atomic mass is 16.4. The van der Waals surface area contributed by atoms with Crippen LogP contribution in [0, 0.1) is 20.8 Å². The molecule has 0 fully saturated rings.